The number of hydrogen-bond donors (Lipinski definition) is 0. The second-order valence-electron chi connectivity index (χ2n) is 24.3. The van der Waals surface area contributed by atoms with Crippen LogP contribution < -0.4 is 28.4 Å². The fourth-order valence-electron chi connectivity index (χ4n) is 10.7. The van der Waals surface area contributed by atoms with E-state index in [4.69, 9.17) is 56.8 Å². The summed E-state index contributed by atoms with van der Waals surface area (Å²) >= 11 is 0. The van der Waals surface area contributed by atoms with Crippen molar-refractivity contribution < 1.29 is 85.6 Å². The molecule has 504 valence electrons. The van der Waals surface area contributed by atoms with Crippen LogP contribution in [-0.2, 0) is 28.4 Å². The molecule has 0 heterocycles. The highest BCUT2D eigenvalue weighted by Crippen LogP contribution is 2.48. The summed E-state index contributed by atoms with van der Waals surface area (Å²) in [4.78, 5) is 83.4. The molecule has 0 bridgehead atoms. The van der Waals surface area contributed by atoms with Gasteiger partial charge in [0.15, 0.2) is 34.5 Å². The summed E-state index contributed by atoms with van der Waals surface area (Å²) in [6, 6.07) is 8.72. The average molecular weight is 1260 g/mol. The topological polar surface area (TPSA) is 213 Å². The Morgan fingerprint density at radius 2 is 0.367 bits per heavy atom. The van der Waals surface area contributed by atoms with Crippen LogP contribution in [-0.4, -0.2) is 73.6 Å². The fourth-order valence-corrected chi connectivity index (χ4v) is 10.7. The van der Waals surface area contributed by atoms with E-state index in [1.165, 1.54) is 36.4 Å². The number of hydrogen-bond acceptors (Lipinski definition) is 18. The Morgan fingerprint density at radius 1 is 0.233 bits per heavy atom. The molecule has 0 saturated heterocycles. The molecule has 6 atom stereocenters. The first-order chi connectivity index (χ1) is 43.3. The molecule has 4 aromatic carbocycles. The monoisotopic (exact) mass is 1260 g/mol. The number of carbonyl (C=O) groups is 6. The van der Waals surface area contributed by atoms with Crippen LogP contribution >= 0.6 is 0 Å². The Balaban J connectivity index is 2.11. The van der Waals surface area contributed by atoms with Crippen molar-refractivity contribution in [3.63, 3.8) is 0 Å². The standard InChI is InChI=1S/C72H108O18/c1-13-19-25-31-37-49(7)79-67(73)85-61-43-55-56(44-62(61)86-68(74)80-50(8)38-32-26-20-14-2)58-46-64(88-70(76)82-52(10)40-34-28-22-16-4)66(90-72(78)84-54(12)42-36-30-24-18-6)48-60(58)59-47-65(89-71(77)83-53(11)41-35-29-23-17-5)63(45-57(55)59)87-69(75)81-51(9)39-33-27-21-15-3/h43-54H,13-42H2,1-12H3. The molecule has 6 unspecified atom stereocenters. The van der Waals surface area contributed by atoms with E-state index < -0.39 is 73.6 Å². The van der Waals surface area contributed by atoms with Crippen LogP contribution in [0.15, 0.2) is 36.4 Å². The van der Waals surface area contributed by atoms with E-state index in [1.807, 2.05) is 0 Å². The first-order valence-electron chi connectivity index (χ1n) is 34.2. The van der Waals surface area contributed by atoms with Crippen molar-refractivity contribution in [1.82, 2.24) is 0 Å². The summed E-state index contributed by atoms with van der Waals surface area (Å²) in [5.74, 6) is -1.53. The van der Waals surface area contributed by atoms with Crippen LogP contribution in [0.1, 0.15) is 276 Å². The third-order valence-corrected chi connectivity index (χ3v) is 15.9. The van der Waals surface area contributed by atoms with Crippen molar-refractivity contribution in [3.05, 3.63) is 36.4 Å². The lowest BCUT2D eigenvalue weighted by Crippen LogP contribution is -2.21. The van der Waals surface area contributed by atoms with Gasteiger partial charge in [-0.1, -0.05) is 157 Å². The zero-order chi connectivity index (χ0) is 65.8. The van der Waals surface area contributed by atoms with Gasteiger partial charge in [-0.05, 0) is 187 Å². The molecule has 18 nitrogen and oxygen atoms in total. The zero-order valence-corrected chi connectivity index (χ0v) is 56.5. The van der Waals surface area contributed by atoms with Gasteiger partial charge in [0.25, 0.3) is 0 Å². The smallest absolute Gasteiger partial charge is 0.431 e. The summed E-state index contributed by atoms with van der Waals surface area (Å²) in [6.07, 6.45) is 16.8. The largest absolute Gasteiger partial charge is 0.514 e. The maximum atomic E-state index is 13.9. The van der Waals surface area contributed by atoms with Crippen LogP contribution in [0.4, 0.5) is 28.8 Å². The SMILES string of the molecule is CCCCCCC(C)OC(=O)Oc1cc2c3cc(OC(=O)OC(C)CCCCCC)c(OC(=O)OC(C)CCCCCC)cc3c3cc(OC(=O)OC(C)CCCCCC)c(OC(=O)OC(C)CCCCCC)cc3c2cc1OC(=O)OC(C)CCCCCC. The van der Waals surface area contributed by atoms with Crippen molar-refractivity contribution in [3.8, 4) is 34.5 Å². The molecule has 0 amide bonds. The van der Waals surface area contributed by atoms with Crippen LogP contribution in [0, 0.1) is 0 Å². The lowest BCUT2D eigenvalue weighted by Gasteiger charge is -2.20. The minimum atomic E-state index is -1.08. The van der Waals surface area contributed by atoms with Crippen LogP contribution in [0.5, 0.6) is 34.5 Å². The molecule has 0 aliphatic heterocycles. The van der Waals surface area contributed by atoms with Crippen molar-refractivity contribution >= 4 is 69.2 Å². The highest BCUT2D eigenvalue weighted by Gasteiger charge is 2.28. The van der Waals surface area contributed by atoms with Gasteiger partial charge in [-0.15, -0.1) is 0 Å². The maximum Gasteiger partial charge on any atom is 0.514 e. The van der Waals surface area contributed by atoms with E-state index in [9.17, 15) is 28.8 Å². The van der Waals surface area contributed by atoms with Crippen LogP contribution in [0.25, 0.3) is 32.3 Å². The van der Waals surface area contributed by atoms with Crippen LogP contribution in [0.3, 0.4) is 0 Å². The molecule has 0 N–H and O–H groups in total. The third kappa shape index (κ3) is 27.8. The lowest BCUT2D eigenvalue weighted by molar-refractivity contribution is 0.0532. The summed E-state index contributed by atoms with van der Waals surface area (Å²) in [7, 11) is 0. The first-order valence-corrected chi connectivity index (χ1v) is 34.2. The van der Waals surface area contributed by atoms with E-state index >= 15 is 0 Å². The van der Waals surface area contributed by atoms with Crippen molar-refractivity contribution in [2.75, 3.05) is 0 Å². The lowest BCUT2D eigenvalue weighted by atomic mass is 9.93. The van der Waals surface area contributed by atoms with Gasteiger partial charge < -0.3 is 56.8 Å². The number of benzene rings is 4. The van der Waals surface area contributed by atoms with E-state index in [-0.39, 0.29) is 66.8 Å². The molecule has 4 aromatic rings. The quantitative estimate of drug-likeness (QED) is 0.0133. The number of carbonyl (C=O) groups excluding carboxylic acids is 6. The normalized spacial score (nSPS) is 13.3. The number of rotatable bonds is 42. The Morgan fingerprint density at radius 3 is 0.489 bits per heavy atom. The van der Waals surface area contributed by atoms with E-state index in [0.29, 0.717) is 38.5 Å². The predicted molar refractivity (Wildman–Crippen MR) is 351 cm³/mol. The van der Waals surface area contributed by atoms with Gasteiger partial charge in [-0.25, -0.2) is 28.8 Å². The average Bonchev–Trinajstić information content (AvgIpc) is 0.780. The second kappa shape index (κ2) is 42.4. The number of ether oxygens (including phenoxy) is 12. The highest BCUT2D eigenvalue weighted by molar-refractivity contribution is 6.27. The molecular formula is C72H108O18. The van der Waals surface area contributed by atoms with E-state index in [2.05, 4.69) is 41.5 Å². The van der Waals surface area contributed by atoms with E-state index in [1.54, 1.807) is 41.5 Å². The molecule has 4 rings (SSSR count). The second-order valence-corrected chi connectivity index (χ2v) is 24.3. The number of unbranched alkanes of at least 4 members (excludes halogenated alkanes) is 18. The Kier molecular flexibility index (Phi) is 35.6. The summed E-state index contributed by atoms with van der Waals surface area (Å²) in [5.41, 5.74) is 0. The molecule has 18 heteroatoms. The highest BCUT2D eigenvalue weighted by atomic mass is 16.8. The minimum Gasteiger partial charge on any atom is -0.431 e. The zero-order valence-electron chi connectivity index (χ0n) is 56.5. The van der Waals surface area contributed by atoms with Gasteiger partial charge in [-0.2, -0.15) is 0 Å². The molecule has 0 aliphatic rings. The summed E-state index contributed by atoms with van der Waals surface area (Å²) in [6.45, 7) is 23.3. The molecule has 0 fully saturated rings. The van der Waals surface area contributed by atoms with Gasteiger partial charge in [-0.3, -0.25) is 0 Å². The van der Waals surface area contributed by atoms with Crippen molar-refractivity contribution in [2.24, 2.45) is 0 Å². The summed E-state index contributed by atoms with van der Waals surface area (Å²) in [5, 5.41) is 1.72. The van der Waals surface area contributed by atoms with Crippen LogP contribution in [0.2, 0.25) is 0 Å². The molecule has 90 heavy (non-hydrogen) atoms. The maximum absolute atomic E-state index is 13.9. The molecular weight excluding hydrogens is 1150 g/mol. The third-order valence-electron chi connectivity index (χ3n) is 15.9. The Bertz CT molecular complexity index is 2310. The molecule has 0 saturated carbocycles. The van der Waals surface area contributed by atoms with Crippen molar-refractivity contribution in [1.29, 1.82) is 0 Å². The summed E-state index contributed by atoms with van der Waals surface area (Å²) < 4.78 is 70.6. The Hall–Kier alpha value is -6.72. The van der Waals surface area contributed by atoms with Crippen molar-refractivity contribution in [2.45, 2.75) is 312 Å². The van der Waals surface area contributed by atoms with Gasteiger partial charge in [0.05, 0.1) is 0 Å². The Labute approximate surface area is 536 Å². The first kappa shape index (κ1) is 75.7. The fraction of sp³-hybridized carbons (Fsp3) is 0.667. The molecule has 0 spiro atoms. The molecule has 0 aromatic heterocycles. The van der Waals surface area contributed by atoms with E-state index in [0.717, 1.165) is 154 Å². The molecule has 0 aliphatic carbocycles. The minimum absolute atomic E-state index is 0.256. The van der Waals surface area contributed by atoms with Gasteiger partial charge in [0.1, 0.15) is 36.6 Å². The van der Waals surface area contributed by atoms with Gasteiger partial charge in [0.2, 0.25) is 0 Å². The molecule has 0 radical (unpaired) electrons. The van der Waals surface area contributed by atoms with Gasteiger partial charge >= 0.3 is 36.9 Å². The predicted octanol–water partition coefficient (Wildman–Crippen LogP) is 22.4. The van der Waals surface area contributed by atoms with Gasteiger partial charge in [0, 0.05) is 0 Å². The number of fused-ring (bicyclic) bond motifs is 6.